The standard InChI is InChI=1S/C13H16FNO3/c14-11-6-2-1-5-10(11)9-12(16)15-18-13-7-3-4-8-17-13/h1-2,5-6,13H,3-4,7-9H2,(H,15,16)/t13-/m1/s1. The predicted molar refractivity (Wildman–Crippen MR) is 62.9 cm³/mol. The zero-order chi connectivity index (χ0) is 12.8. The van der Waals surface area contributed by atoms with Gasteiger partial charge in [0.25, 0.3) is 0 Å². The van der Waals surface area contributed by atoms with Crippen molar-refractivity contribution in [3.05, 3.63) is 35.6 Å². The van der Waals surface area contributed by atoms with E-state index in [-0.39, 0.29) is 24.4 Å². The number of hydrogen-bond donors (Lipinski definition) is 1. The van der Waals surface area contributed by atoms with E-state index in [1.807, 2.05) is 0 Å². The van der Waals surface area contributed by atoms with Crippen LogP contribution < -0.4 is 5.48 Å². The zero-order valence-electron chi connectivity index (χ0n) is 10.0. The molecule has 0 saturated carbocycles. The van der Waals surface area contributed by atoms with Gasteiger partial charge in [-0.3, -0.25) is 4.79 Å². The maximum atomic E-state index is 13.3. The number of halogens is 1. The SMILES string of the molecule is O=C(Cc1ccccc1F)NO[C@@H]1CCCCO1. The molecule has 1 aromatic rings. The Labute approximate surface area is 105 Å². The van der Waals surface area contributed by atoms with Crippen LogP contribution in [-0.4, -0.2) is 18.8 Å². The number of nitrogens with one attached hydrogen (secondary N) is 1. The van der Waals surface area contributed by atoms with Gasteiger partial charge in [0.15, 0.2) is 6.29 Å². The summed E-state index contributed by atoms with van der Waals surface area (Å²) in [6, 6.07) is 6.18. The van der Waals surface area contributed by atoms with Crippen molar-refractivity contribution in [2.24, 2.45) is 0 Å². The molecule has 1 saturated heterocycles. The Bertz CT molecular complexity index is 405. The van der Waals surface area contributed by atoms with Crippen molar-refractivity contribution >= 4 is 5.91 Å². The number of amides is 1. The fourth-order valence-corrected chi connectivity index (χ4v) is 1.79. The monoisotopic (exact) mass is 253 g/mol. The number of ether oxygens (including phenoxy) is 1. The summed E-state index contributed by atoms with van der Waals surface area (Å²) in [5.41, 5.74) is 2.65. The van der Waals surface area contributed by atoms with Gasteiger partial charge < -0.3 is 4.74 Å². The molecule has 1 heterocycles. The first-order chi connectivity index (χ1) is 8.75. The molecular weight excluding hydrogens is 237 g/mol. The number of hydroxylamine groups is 1. The lowest BCUT2D eigenvalue weighted by Crippen LogP contribution is -2.34. The molecule has 0 spiro atoms. The van der Waals surface area contributed by atoms with E-state index in [1.54, 1.807) is 18.2 Å². The average molecular weight is 253 g/mol. The second-order valence-corrected chi connectivity index (χ2v) is 4.21. The van der Waals surface area contributed by atoms with Crippen molar-refractivity contribution in [3.8, 4) is 0 Å². The Hall–Kier alpha value is -1.46. The van der Waals surface area contributed by atoms with Crippen LogP contribution in [0.3, 0.4) is 0 Å². The van der Waals surface area contributed by atoms with Gasteiger partial charge in [0.05, 0.1) is 6.42 Å². The molecule has 1 aliphatic heterocycles. The lowest BCUT2D eigenvalue weighted by molar-refractivity contribution is -0.200. The summed E-state index contributed by atoms with van der Waals surface area (Å²) in [4.78, 5) is 16.7. The fourth-order valence-electron chi connectivity index (χ4n) is 1.79. The van der Waals surface area contributed by atoms with Crippen LogP contribution in [0, 0.1) is 5.82 Å². The first-order valence-corrected chi connectivity index (χ1v) is 6.05. The zero-order valence-corrected chi connectivity index (χ0v) is 10.0. The predicted octanol–water partition coefficient (Wildman–Crippen LogP) is 1.94. The average Bonchev–Trinajstić information content (AvgIpc) is 2.40. The van der Waals surface area contributed by atoms with Gasteiger partial charge in [0, 0.05) is 13.0 Å². The van der Waals surface area contributed by atoms with Gasteiger partial charge in [-0.1, -0.05) is 18.2 Å². The van der Waals surface area contributed by atoms with Gasteiger partial charge in [-0.25, -0.2) is 14.7 Å². The van der Waals surface area contributed by atoms with E-state index in [2.05, 4.69) is 5.48 Å². The molecule has 0 radical (unpaired) electrons. The number of carbonyl (C=O) groups excluding carboxylic acids is 1. The highest BCUT2D eigenvalue weighted by Crippen LogP contribution is 2.12. The molecule has 0 aliphatic carbocycles. The van der Waals surface area contributed by atoms with E-state index in [9.17, 15) is 9.18 Å². The number of hydrogen-bond acceptors (Lipinski definition) is 3. The van der Waals surface area contributed by atoms with E-state index in [1.165, 1.54) is 6.07 Å². The second-order valence-electron chi connectivity index (χ2n) is 4.21. The van der Waals surface area contributed by atoms with Crippen LogP contribution in [0.1, 0.15) is 24.8 Å². The Morgan fingerprint density at radius 3 is 3.00 bits per heavy atom. The number of carbonyl (C=O) groups is 1. The first-order valence-electron chi connectivity index (χ1n) is 6.05. The summed E-state index contributed by atoms with van der Waals surface area (Å²) >= 11 is 0. The lowest BCUT2D eigenvalue weighted by atomic mass is 10.1. The van der Waals surface area contributed by atoms with E-state index in [0.717, 1.165) is 19.3 Å². The molecule has 1 aliphatic rings. The van der Waals surface area contributed by atoms with Crippen LogP contribution in [0.2, 0.25) is 0 Å². The summed E-state index contributed by atoms with van der Waals surface area (Å²) in [6.07, 6.45) is 2.37. The number of benzene rings is 1. The summed E-state index contributed by atoms with van der Waals surface area (Å²) in [7, 11) is 0. The molecule has 2 rings (SSSR count). The van der Waals surface area contributed by atoms with E-state index in [4.69, 9.17) is 9.57 Å². The highest BCUT2D eigenvalue weighted by atomic mass is 19.1. The lowest BCUT2D eigenvalue weighted by Gasteiger charge is -2.22. The molecule has 5 heteroatoms. The smallest absolute Gasteiger partial charge is 0.248 e. The summed E-state index contributed by atoms with van der Waals surface area (Å²) in [5, 5.41) is 0. The largest absolute Gasteiger partial charge is 0.350 e. The van der Waals surface area contributed by atoms with Crippen LogP contribution in [-0.2, 0) is 20.8 Å². The summed E-state index contributed by atoms with van der Waals surface area (Å²) in [5.74, 6) is -0.768. The van der Waals surface area contributed by atoms with Gasteiger partial charge in [0.1, 0.15) is 5.82 Å². The van der Waals surface area contributed by atoms with Crippen LogP contribution in [0.15, 0.2) is 24.3 Å². The molecule has 1 aromatic carbocycles. The molecule has 0 unspecified atom stereocenters. The Balaban J connectivity index is 1.76. The van der Waals surface area contributed by atoms with Gasteiger partial charge >= 0.3 is 0 Å². The van der Waals surface area contributed by atoms with E-state index in [0.29, 0.717) is 12.2 Å². The molecule has 1 fully saturated rings. The van der Waals surface area contributed by atoms with Gasteiger partial charge in [0.2, 0.25) is 5.91 Å². The van der Waals surface area contributed by atoms with Crippen molar-refractivity contribution in [1.82, 2.24) is 5.48 Å². The summed E-state index contributed by atoms with van der Waals surface area (Å²) in [6.45, 7) is 0.647. The van der Waals surface area contributed by atoms with E-state index >= 15 is 0 Å². The Kier molecular flexibility index (Phi) is 4.66. The molecule has 98 valence electrons. The van der Waals surface area contributed by atoms with Gasteiger partial charge in [-0.2, -0.15) is 0 Å². The minimum absolute atomic E-state index is 0.0423. The molecule has 0 aromatic heterocycles. The summed E-state index contributed by atoms with van der Waals surface area (Å²) < 4.78 is 18.6. The molecule has 18 heavy (non-hydrogen) atoms. The maximum absolute atomic E-state index is 13.3. The van der Waals surface area contributed by atoms with Crippen LogP contribution in [0.25, 0.3) is 0 Å². The molecule has 4 nitrogen and oxygen atoms in total. The van der Waals surface area contributed by atoms with Gasteiger partial charge in [-0.15, -0.1) is 0 Å². The van der Waals surface area contributed by atoms with Crippen molar-refractivity contribution < 1.29 is 18.8 Å². The third kappa shape index (κ3) is 3.78. The third-order valence-corrected chi connectivity index (χ3v) is 2.75. The van der Waals surface area contributed by atoms with Crippen molar-refractivity contribution in [2.45, 2.75) is 32.0 Å². The Morgan fingerprint density at radius 1 is 1.44 bits per heavy atom. The highest BCUT2D eigenvalue weighted by molar-refractivity contribution is 5.77. The first kappa shape index (κ1) is 13.0. The van der Waals surface area contributed by atoms with Crippen LogP contribution >= 0.6 is 0 Å². The van der Waals surface area contributed by atoms with E-state index < -0.39 is 0 Å². The molecule has 1 amide bonds. The van der Waals surface area contributed by atoms with Crippen LogP contribution in [0.5, 0.6) is 0 Å². The second kappa shape index (κ2) is 6.47. The number of rotatable bonds is 4. The normalized spacial score (nSPS) is 19.5. The maximum Gasteiger partial charge on any atom is 0.248 e. The van der Waals surface area contributed by atoms with Crippen LogP contribution in [0.4, 0.5) is 4.39 Å². The molecular formula is C13H16FNO3. The van der Waals surface area contributed by atoms with Gasteiger partial charge in [-0.05, 0) is 24.5 Å². The molecule has 0 bridgehead atoms. The Morgan fingerprint density at radius 2 is 2.28 bits per heavy atom. The highest BCUT2D eigenvalue weighted by Gasteiger charge is 2.16. The minimum atomic E-state index is -0.387. The molecule has 1 N–H and O–H groups in total. The fraction of sp³-hybridized carbons (Fsp3) is 0.462. The quantitative estimate of drug-likeness (QED) is 0.834. The van der Waals surface area contributed by atoms with Crippen molar-refractivity contribution in [2.75, 3.05) is 6.61 Å². The van der Waals surface area contributed by atoms with Crippen molar-refractivity contribution in [3.63, 3.8) is 0 Å². The third-order valence-electron chi connectivity index (χ3n) is 2.75. The minimum Gasteiger partial charge on any atom is -0.350 e. The van der Waals surface area contributed by atoms with Crippen molar-refractivity contribution in [1.29, 1.82) is 0 Å². The molecule has 1 atom stereocenters. The topological polar surface area (TPSA) is 47.6 Å².